The average Bonchev–Trinajstić information content (AvgIpc) is 2.69. The van der Waals surface area contributed by atoms with Crippen LogP contribution in [0, 0.1) is 5.92 Å². The van der Waals surface area contributed by atoms with Gasteiger partial charge in [-0.25, -0.2) is 8.42 Å². The zero-order valence-electron chi connectivity index (χ0n) is 16.3. The molecule has 0 unspecified atom stereocenters. The van der Waals surface area contributed by atoms with Crippen molar-refractivity contribution in [2.45, 2.75) is 31.6 Å². The molecule has 1 heterocycles. The largest absolute Gasteiger partial charge is 0.343 e. The van der Waals surface area contributed by atoms with E-state index in [4.69, 9.17) is 0 Å². The molecular formula is C19H29N3O4S. The molecule has 0 atom stereocenters. The quantitative estimate of drug-likeness (QED) is 0.699. The van der Waals surface area contributed by atoms with E-state index < -0.39 is 10.0 Å². The first-order valence-corrected chi connectivity index (χ1v) is 10.8. The lowest BCUT2D eigenvalue weighted by molar-refractivity contribution is -0.140. The Morgan fingerprint density at radius 1 is 1.07 bits per heavy atom. The van der Waals surface area contributed by atoms with Crippen molar-refractivity contribution in [2.75, 3.05) is 39.8 Å². The summed E-state index contributed by atoms with van der Waals surface area (Å²) in [5.74, 6) is -0.138. The number of carbonyl (C=O) groups excluding carboxylic acids is 2. The number of carbonyl (C=O) groups is 2. The van der Waals surface area contributed by atoms with Gasteiger partial charge in [0.15, 0.2) is 0 Å². The first kappa shape index (κ1) is 21.4. The van der Waals surface area contributed by atoms with E-state index in [0.29, 0.717) is 39.0 Å². The fraction of sp³-hybridized carbons (Fsp3) is 0.579. The van der Waals surface area contributed by atoms with Gasteiger partial charge in [-0.15, -0.1) is 0 Å². The van der Waals surface area contributed by atoms with Crippen LogP contribution in [-0.2, 0) is 19.6 Å². The van der Waals surface area contributed by atoms with Crippen LogP contribution in [0.2, 0.25) is 0 Å². The molecule has 1 aromatic carbocycles. The lowest BCUT2D eigenvalue weighted by atomic mass is 9.95. The van der Waals surface area contributed by atoms with Gasteiger partial charge < -0.3 is 9.80 Å². The SMILES string of the molecule is CCN(CC)C(=O)C1CCN(C(=O)CN(C)S(=O)(=O)c2ccccc2)CC1. The van der Waals surface area contributed by atoms with Crippen molar-refractivity contribution < 1.29 is 18.0 Å². The van der Waals surface area contributed by atoms with E-state index in [1.807, 2.05) is 18.7 Å². The van der Waals surface area contributed by atoms with Crippen LogP contribution in [-0.4, -0.2) is 74.1 Å². The molecule has 0 radical (unpaired) electrons. The molecule has 0 aromatic heterocycles. The van der Waals surface area contributed by atoms with Crippen LogP contribution in [0.5, 0.6) is 0 Å². The Labute approximate surface area is 162 Å². The second-order valence-electron chi connectivity index (χ2n) is 6.74. The third-order valence-electron chi connectivity index (χ3n) is 5.08. The van der Waals surface area contributed by atoms with Gasteiger partial charge in [-0.2, -0.15) is 4.31 Å². The van der Waals surface area contributed by atoms with Gasteiger partial charge >= 0.3 is 0 Å². The van der Waals surface area contributed by atoms with Gasteiger partial charge in [0, 0.05) is 39.1 Å². The van der Waals surface area contributed by atoms with Crippen molar-refractivity contribution >= 4 is 21.8 Å². The van der Waals surface area contributed by atoms with Gasteiger partial charge in [0.05, 0.1) is 11.4 Å². The molecule has 1 aliphatic rings. The van der Waals surface area contributed by atoms with Crippen LogP contribution in [0.4, 0.5) is 0 Å². The highest BCUT2D eigenvalue weighted by Gasteiger charge is 2.31. The summed E-state index contributed by atoms with van der Waals surface area (Å²) in [4.78, 5) is 28.6. The molecule has 1 saturated heterocycles. The standard InChI is InChI=1S/C19H29N3O4S/c1-4-21(5-2)19(24)16-11-13-22(14-12-16)18(23)15-20(3)27(25,26)17-9-7-6-8-10-17/h6-10,16H,4-5,11-15H2,1-3H3. The average molecular weight is 396 g/mol. The van der Waals surface area contributed by atoms with Crippen molar-refractivity contribution in [3.05, 3.63) is 30.3 Å². The minimum atomic E-state index is -3.69. The summed E-state index contributed by atoms with van der Waals surface area (Å²) in [7, 11) is -2.28. The topological polar surface area (TPSA) is 78.0 Å². The third kappa shape index (κ3) is 5.07. The first-order valence-electron chi connectivity index (χ1n) is 9.39. The summed E-state index contributed by atoms with van der Waals surface area (Å²) < 4.78 is 26.2. The van der Waals surface area contributed by atoms with Crippen LogP contribution < -0.4 is 0 Å². The second kappa shape index (κ2) is 9.32. The summed E-state index contributed by atoms with van der Waals surface area (Å²) in [6.45, 7) is 6.07. The fourth-order valence-electron chi connectivity index (χ4n) is 3.32. The van der Waals surface area contributed by atoms with Crippen LogP contribution in [0.25, 0.3) is 0 Å². The Morgan fingerprint density at radius 3 is 2.15 bits per heavy atom. The van der Waals surface area contributed by atoms with Crippen molar-refractivity contribution in [3.8, 4) is 0 Å². The van der Waals surface area contributed by atoms with Gasteiger partial charge in [-0.1, -0.05) is 18.2 Å². The maximum absolute atomic E-state index is 12.5. The Morgan fingerprint density at radius 2 is 1.63 bits per heavy atom. The summed E-state index contributed by atoms with van der Waals surface area (Å²) in [5, 5.41) is 0. The number of likely N-dealkylation sites (N-methyl/N-ethyl adjacent to an activating group) is 1. The number of sulfonamides is 1. The van der Waals surface area contributed by atoms with Gasteiger partial charge in [0.1, 0.15) is 0 Å². The van der Waals surface area contributed by atoms with Crippen molar-refractivity contribution in [2.24, 2.45) is 5.92 Å². The highest BCUT2D eigenvalue weighted by Crippen LogP contribution is 2.20. The molecule has 0 aliphatic carbocycles. The number of rotatable bonds is 7. The molecule has 0 bridgehead atoms. The predicted octanol–water partition coefficient (Wildman–Crippen LogP) is 1.41. The molecule has 0 N–H and O–H groups in total. The predicted molar refractivity (Wildman–Crippen MR) is 103 cm³/mol. The summed E-state index contributed by atoms with van der Waals surface area (Å²) in [5.41, 5.74) is 0. The van der Waals surface area contributed by atoms with E-state index in [1.165, 1.54) is 19.2 Å². The van der Waals surface area contributed by atoms with Gasteiger partial charge in [-0.05, 0) is 38.8 Å². The molecule has 27 heavy (non-hydrogen) atoms. The second-order valence-corrected chi connectivity index (χ2v) is 8.78. The van der Waals surface area contributed by atoms with E-state index in [2.05, 4.69) is 0 Å². The Bertz CT molecular complexity index is 739. The number of amides is 2. The van der Waals surface area contributed by atoms with Crippen LogP contribution in [0.15, 0.2) is 35.2 Å². The van der Waals surface area contributed by atoms with Crippen molar-refractivity contribution in [1.82, 2.24) is 14.1 Å². The lowest BCUT2D eigenvalue weighted by Gasteiger charge is -2.34. The maximum Gasteiger partial charge on any atom is 0.243 e. The molecule has 2 amide bonds. The van der Waals surface area contributed by atoms with Gasteiger partial charge in [0.2, 0.25) is 21.8 Å². The van der Waals surface area contributed by atoms with Gasteiger partial charge in [-0.3, -0.25) is 9.59 Å². The Kier molecular flexibility index (Phi) is 7.38. The van der Waals surface area contributed by atoms with Crippen molar-refractivity contribution in [1.29, 1.82) is 0 Å². The summed E-state index contributed by atoms with van der Waals surface area (Å²) >= 11 is 0. The van der Waals surface area contributed by atoms with E-state index in [0.717, 1.165) is 4.31 Å². The zero-order chi connectivity index (χ0) is 20.0. The molecule has 2 rings (SSSR count). The smallest absolute Gasteiger partial charge is 0.243 e. The minimum Gasteiger partial charge on any atom is -0.343 e. The fourth-order valence-corrected chi connectivity index (χ4v) is 4.46. The van der Waals surface area contributed by atoms with Crippen LogP contribution in [0.1, 0.15) is 26.7 Å². The van der Waals surface area contributed by atoms with E-state index in [9.17, 15) is 18.0 Å². The molecule has 1 aliphatic heterocycles. The molecule has 8 heteroatoms. The van der Waals surface area contributed by atoms with E-state index in [1.54, 1.807) is 23.1 Å². The lowest BCUT2D eigenvalue weighted by Crippen LogP contribution is -2.47. The maximum atomic E-state index is 12.5. The molecule has 1 aromatic rings. The Balaban J connectivity index is 1.92. The molecule has 150 valence electrons. The van der Waals surface area contributed by atoms with E-state index >= 15 is 0 Å². The van der Waals surface area contributed by atoms with Crippen LogP contribution >= 0.6 is 0 Å². The monoisotopic (exact) mass is 395 g/mol. The number of hydrogen-bond acceptors (Lipinski definition) is 4. The van der Waals surface area contributed by atoms with E-state index in [-0.39, 0.29) is 29.2 Å². The Hall–Kier alpha value is -1.93. The highest BCUT2D eigenvalue weighted by molar-refractivity contribution is 7.89. The number of nitrogens with zero attached hydrogens (tertiary/aromatic N) is 3. The zero-order valence-corrected chi connectivity index (χ0v) is 17.1. The number of likely N-dealkylation sites (tertiary alicyclic amines) is 1. The normalized spacial score (nSPS) is 15.8. The minimum absolute atomic E-state index is 0.0558. The highest BCUT2D eigenvalue weighted by atomic mass is 32.2. The first-order chi connectivity index (χ1) is 12.8. The summed E-state index contributed by atoms with van der Waals surface area (Å²) in [6, 6.07) is 8.08. The van der Waals surface area contributed by atoms with Crippen LogP contribution in [0.3, 0.4) is 0 Å². The molecular weight excluding hydrogens is 366 g/mol. The van der Waals surface area contributed by atoms with Gasteiger partial charge in [0.25, 0.3) is 0 Å². The van der Waals surface area contributed by atoms with Crippen molar-refractivity contribution in [3.63, 3.8) is 0 Å². The number of benzene rings is 1. The number of hydrogen-bond donors (Lipinski definition) is 0. The summed E-state index contributed by atoms with van der Waals surface area (Å²) in [6.07, 6.45) is 1.24. The third-order valence-corrected chi connectivity index (χ3v) is 6.90. The molecule has 0 spiro atoms. The number of piperidine rings is 1. The molecule has 7 nitrogen and oxygen atoms in total. The molecule has 1 fully saturated rings. The molecule has 0 saturated carbocycles.